The number of halogens is 1. The molecule has 0 saturated carbocycles. The molecular formula is C17H16FN5O2. The molecule has 0 aliphatic rings. The average Bonchev–Trinajstić information content (AvgIpc) is 3.11. The van der Waals surface area contributed by atoms with Crippen LogP contribution in [0.4, 0.5) is 4.39 Å². The molecule has 1 heterocycles. The third-order valence-corrected chi connectivity index (χ3v) is 3.35. The molecule has 7 nitrogen and oxygen atoms in total. The first kappa shape index (κ1) is 16.6. The molecule has 0 aliphatic heterocycles. The van der Waals surface area contributed by atoms with Crippen LogP contribution in [0.2, 0.25) is 0 Å². The number of tetrazole rings is 1. The fourth-order valence-corrected chi connectivity index (χ4v) is 2.04. The smallest absolute Gasteiger partial charge is 0.293 e. The van der Waals surface area contributed by atoms with Gasteiger partial charge in [0.25, 0.3) is 11.7 Å². The van der Waals surface area contributed by atoms with Crippen LogP contribution in [-0.2, 0) is 0 Å². The van der Waals surface area contributed by atoms with E-state index in [0.717, 1.165) is 11.3 Å². The third-order valence-electron chi connectivity index (χ3n) is 3.35. The summed E-state index contributed by atoms with van der Waals surface area (Å²) in [5, 5.41) is 14.3. The molecule has 8 heteroatoms. The Morgan fingerprint density at radius 3 is 2.60 bits per heavy atom. The van der Waals surface area contributed by atoms with Crippen LogP contribution < -0.4 is 10.1 Å². The normalized spacial score (nSPS) is 10.5. The lowest BCUT2D eigenvalue weighted by atomic mass is 10.2. The van der Waals surface area contributed by atoms with Gasteiger partial charge in [0.1, 0.15) is 18.2 Å². The van der Waals surface area contributed by atoms with E-state index in [1.165, 1.54) is 29.1 Å². The molecule has 1 N–H and O–H groups in total. The van der Waals surface area contributed by atoms with Crippen molar-refractivity contribution in [3.8, 4) is 11.4 Å². The maximum absolute atomic E-state index is 12.8. The zero-order valence-electron chi connectivity index (χ0n) is 13.5. The van der Waals surface area contributed by atoms with Crippen LogP contribution in [0.15, 0.2) is 48.5 Å². The lowest BCUT2D eigenvalue weighted by Gasteiger charge is -2.06. The van der Waals surface area contributed by atoms with Crippen molar-refractivity contribution < 1.29 is 13.9 Å². The second-order valence-electron chi connectivity index (χ2n) is 5.30. The van der Waals surface area contributed by atoms with Crippen molar-refractivity contribution in [3.63, 3.8) is 0 Å². The van der Waals surface area contributed by atoms with Crippen LogP contribution >= 0.6 is 0 Å². The SMILES string of the molecule is Cc1ccc(-n2nnc(C(=O)NCCOc3ccc(F)cc3)n2)cc1. The number of benzene rings is 2. The summed E-state index contributed by atoms with van der Waals surface area (Å²) in [6.45, 7) is 2.48. The van der Waals surface area contributed by atoms with Crippen LogP contribution in [0, 0.1) is 12.7 Å². The van der Waals surface area contributed by atoms with E-state index in [9.17, 15) is 9.18 Å². The summed E-state index contributed by atoms with van der Waals surface area (Å²) in [6, 6.07) is 13.2. The highest BCUT2D eigenvalue weighted by atomic mass is 19.1. The van der Waals surface area contributed by atoms with E-state index < -0.39 is 5.91 Å². The molecule has 0 spiro atoms. The summed E-state index contributed by atoms with van der Waals surface area (Å²) in [5.74, 6) is -0.272. The summed E-state index contributed by atoms with van der Waals surface area (Å²) in [6.07, 6.45) is 0. The molecule has 0 bridgehead atoms. The average molecular weight is 341 g/mol. The Morgan fingerprint density at radius 2 is 1.88 bits per heavy atom. The van der Waals surface area contributed by atoms with Gasteiger partial charge in [-0.05, 0) is 48.5 Å². The fourth-order valence-electron chi connectivity index (χ4n) is 2.04. The van der Waals surface area contributed by atoms with E-state index in [-0.39, 0.29) is 24.8 Å². The van der Waals surface area contributed by atoms with E-state index >= 15 is 0 Å². The number of carbonyl (C=O) groups excluding carboxylic acids is 1. The van der Waals surface area contributed by atoms with Gasteiger partial charge in [0.15, 0.2) is 0 Å². The van der Waals surface area contributed by atoms with Gasteiger partial charge in [-0.15, -0.1) is 15.0 Å². The highest BCUT2D eigenvalue weighted by molar-refractivity contribution is 5.90. The van der Waals surface area contributed by atoms with E-state index in [1.54, 1.807) is 0 Å². The molecule has 1 amide bonds. The summed E-state index contributed by atoms with van der Waals surface area (Å²) >= 11 is 0. The first-order valence-electron chi connectivity index (χ1n) is 7.65. The van der Waals surface area contributed by atoms with Crippen molar-refractivity contribution in [2.24, 2.45) is 0 Å². The number of amides is 1. The van der Waals surface area contributed by atoms with Crippen molar-refractivity contribution in [2.45, 2.75) is 6.92 Å². The Labute approximate surface area is 143 Å². The first-order chi connectivity index (χ1) is 12.1. The van der Waals surface area contributed by atoms with Gasteiger partial charge < -0.3 is 10.1 Å². The Kier molecular flexibility index (Phi) is 4.98. The van der Waals surface area contributed by atoms with Gasteiger partial charge in [0.2, 0.25) is 0 Å². The van der Waals surface area contributed by atoms with Gasteiger partial charge in [0, 0.05) is 0 Å². The highest BCUT2D eigenvalue weighted by Crippen LogP contribution is 2.10. The molecular weight excluding hydrogens is 325 g/mol. The molecule has 0 fully saturated rings. The minimum absolute atomic E-state index is 0.0256. The second kappa shape index (κ2) is 7.52. The van der Waals surface area contributed by atoms with Gasteiger partial charge in [-0.2, -0.15) is 0 Å². The lowest BCUT2D eigenvalue weighted by Crippen LogP contribution is -2.29. The lowest BCUT2D eigenvalue weighted by molar-refractivity contribution is 0.0936. The van der Waals surface area contributed by atoms with Crippen LogP contribution in [0.1, 0.15) is 16.2 Å². The Hall–Kier alpha value is -3.29. The number of carbonyl (C=O) groups is 1. The minimum atomic E-state index is -0.443. The predicted octanol–water partition coefficient (Wildman–Crippen LogP) is 1.92. The van der Waals surface area contributed by atoms with Crippen LogP contribution in [0.25, 0.3) is 5.69 Å². The Morgan fingerprint density at radius 1 is 1.16 bits per heavy atom. The van der Waals surface area contributed by atoms with Gasteiger partial charge >= 0.3 is 0 Å². The number of aromatic nitrogens is 4. The molecule has 2 aromatic carbocycles. The number of aryl methyl sites for hydroxylation is 1. The maximum Gasteiger partial charge on any atom is 0.293 e. The van der Waals surface area contributed by atoms with Crippen LogP contribution in [0.3, 0.4) is 0 Å². The predicted molar refractivity (Wildman–Crippen MR) is 88.1 cm³/mol. The molecule has 3 rings (SSSR count). The number of nitrogens with zero attached hydrogens (tertiary/aromatic N) is 4. The van der Waals surface area contributed by atoms with Gasteiger partial charge in [-0.25, -0.2) is 4.39 Å². The number of rotatable bonds is 6. The molecule has 0 atom stereocenters. The topological polar surface area (TPSA) is 81.9 Å². The Bertz CT molecular complexity index is 846. The van der Waals surface area contributed by atoms with Crippen LogP contribution in [-0.4, -0.2) is 39.3 Å². The summed E-state index contributed by atoms with van der Waals surface area (Å²) in [5.41, 5.74) is 1.83. The van der Waals surface area contributed by atoms with Gasteiger partial charge in [-0.3, -0.25) is 4.79 Å². The summed E-state index contributed by atoms with van der Waals surface area (Å²) < 4.78 is 18.2. The molecule has 3 aromatic rings. The molecule has 1 aromatic heterocycles. The quantitative estimate of drug-likeness (QED) is 0.693. The largest absolute Gasteiger partial charge is 0.492 e. The van der Waals surface area contributed by atoms with Crippen molar-refractivity contribution in [1.29, 1.82) is 0 Å². The molecule has 0 aliphatic carbocycles. The first-order valence-corrected chi connectivity index (χ1v) is 7.65. The van der Waals surface area contributed by atoms with Crippen molar-refractivity contribution >= 4 is 5.91 Å². The minimum Gasteiger partial charge on any atom is -0.492 e. The molecule has 25 heavy (non-hydrogen) atoms. The Balaban J connectivity index is 1.50. The van der Waals surface area contributed by atoms with Crippen molar-refractivity contribution in [3.05, 3.63) is 65.7 Å². The van der Waals surface area contributed by atoms with Crippen molar-refractivity contribution in [2.75, 3.05) is 13.2 Å². The van der Waals surface area contributed by atoms with Gasteiger partial charge in [0.05, 0.1) is 12.2 Å². The third kappa shape index (κ3) is 4.37. The standard InChI is InChI=1S/C17H16FN5O2/c1-12-2-6-14(7-3-12)23-21-16(20-22-23)17(24)19-10-11-25-15-8-4-13(18)5-9-15/h2-9H,10-11H2,1H3,(H,19,24). The fraction of sp³-hybridized carbons (Fsp3) is 0.176. The van der Waals surface area contributed by atoms with Crippen molar-refractivity contribution in [1.82, 2.24) is 25.5 Å². The summed E-state index contributed by atoms with van der Waals surface area (Å²) in [4.78, 5) is 13.3. The van der Waals surface area contributed by atoms with Crippen LogP contribution in [0.5, 0.6) is 5.75 Å². The zero-order valence-corrected chi connectivity index (χ0v) is 13.5. The molecule has 0 unspecified atom stereocenters. The van der Waals surface area contributed by atoms with E-state index in [4.69, 9.17) is 4.74 Å². The maximum atomic E-state index is 12.8. The van der Waals surface area contributed by atoms with Gasteiger partial charge in [-0.1, -0.05) is 17.7 Å². The second-order valence-corrected chi connectivity index (χ2v) is 5.30. The van der Waals surface area contributed by atoms with E-state index in [0.29, 0.717) is 5.75 Å². The number of hydrogen-bond donors (Lipinski definition) is 1. The number of hydrogen-bond acceptors (Lipinski definition) is 5. The number of ether oxygens (including phenoxy) is 1. The monoisotopic (exact) mass is 341 g/mol. The van der Waals surface area contributed by atoms with E-state index in [1.807, 2.05) is 31.2 Å². The molecule has 0 saturated heterocycles. The molecule has 0 radical (unpaired) electrons. The molecule has 128 valence electrons. The summed E-state index contributed by atoms with van der Waals surface area (Å²) in [7, 11) is 0. The van der Waals surface area contributed by atoms with E-state index in [2.05, 4.69) is 20.7 Å². The highest BCUT2D eigenvalue weighted by Gasteiger charge is 2.13. The number of nitrogens with one attached hydrogen (secondary N) is 1. The zero-order chi connectivity index (χ0) is 17.6.